The average Bonchev–Trinajstić information content (AvgIpc) is 2.85. The number of aliphatic hydroxyl groups excluding tert-OH is 1. The summed E-state index contributed by atoms with van der Waals surface area (Å²) in [5.74, 6) is 0.351. The molecule has 0 aliphatic rings. The number of aromatic nitrogens is 1. The molecule has 1 aromatic heterocycles. The molecule has 0 spiro atoms. The molecule has 1 N–H and O–H groups in total. The predicted octanol–water partition coefficient (Wildman–Crippen LogP) is 6.67. The third kappa shape index (κ3) is 5.65. The van der Waals surface area contributed by atoms with Gasteiger partial charge >= 0.3 is 0 Å². The fourth-order valence-electron chi connectivity index (χ4n) is 3.06. The lowest BCUT2D eigenvalue weighted by molar-refractivity contribution is 0.279. The molecule has 0 fully saturated rings. The maximum atomic E-state index is 9.99. The van der Waals surface area contributed by atoms with Crippen LogP contribution in [0.1, 0.15) is 57.4 Å². The summed E-state index contributed by atoms with van der Waals surface area (Å²) < 4.78 is 2.32. The first-order chi connectivity index (χ1) is 12.4. The van der Waals surface area contributed by atoms with Gasteiger partial charge in [-0.15, -0.1) is 0 Å². The second-order valence-electron chi connectivity index (χ2n) is 6.64. The van der Waals surface area contributed by atoms with Gasteiger partial charge in [0.2, 0.25) is 0 Å². The Morgan fingerprint density at radius 3 is 2.38 bits per heavy atom. The summed E-state index contributed by atoms with van der Waals surface area (Å²) in [6, 6.07) is 0. The normalized spacial score (nSPS) is 13.5. The summed E-state index contributed by atoms with van der Waals surface area (Å²) in [5, 5.41) is 13.4. The van der Waals surface area contributed by atoms with E-state index in [9.17, 15) is 5.11 Å². The molecule has 0 amide bonds. The van der Waals surface area contributed by atoms with Crippen molar-refractivity contribution in [3.63, 3.8) is 0 Å². The molecule has 1 rings (SSSR count). The van der Waals surface area contributed by atoms with E-state index >= 15 is 0 Å². The van der Waals surface area contributed by atoms with E-state index in [0.717, 1.165) is 17.8 Å². The molecular weight excluding hydrogens is 338 g/mol. The van der Waals surface area contributed by atoms with Crippen molar-refractivity contribution in [2.24, 2.45) is 0 Å². The third-order valence-electron chi connectivity index (χ3n) is 4.22. The lowest BCUT2D eigenvalue weighted by atomic mass is 10.0. The Hall–Kier alpha value is -1.71. The summed E-state index contributed by atoms with van der Waals surface area (Å²) in [6.07, 6.45) is 12.2. The molecule has 1 heterocycles. The van der Waals surface area contributed by atoms with Gasteiger partial charge in [0.05, 0.1) is 11.6 Å². The van der Waals surface area contributed by atoms with Crippen LogP contribution in [0.15, 0.2) is 64.6 Å². The maximum absolute atomic E-state index is 9.99. The third-order valence-corrected chi connectivity index (χ3v) is 5.37. The van der Waals surface area contributed by atoms with Gasteiger partial charge in [-0.2, -0.15) is 0 Å². The van der Waals surface area contributed by atoms with Crippen molar-refractivity contribution in [1.82, 2.24) is 4.57 Å². The van der Waals surface area contributed by atoms with Gasteiger partial charge in [-0.1, -0.05) is 68.6 Å². The fraction of sp³-hybridized carbons (Fsp3) is 0.391. The van der Waals surface area contributed by atoms with Crippen LogP contribution in [0.2, 0.25) is 0 Å². The molecule has 0 saturated heterocycles. The first-order valence-corrected chi connectivity index (χ1v) is 10.0. The minimum absolute atomic E-state index is 0.0710. The van der Waals surface area contributed by atoms with Crippen molar-refractivity contribution in [2.75, 3.05) is 0 Å². The summed E-state index contributed by atoms with van der Waals surface area (Å²) in [5.41, 5.74) is 5.85. The van der Waals surface area contributed by atoms with E-state index in [1.54, 1.807) is 11.8 Å². The number of nitrogens with zero attached hydrogens (tertiary/aromatic N) is 1. The molecule has 0 unspecified atom stereocenters. The molecule has 2 nitrogen and oxygen atoms in total. The lowest BCUT2D eigenvalue weighted by Crippen LogP contribution is -2.04. The molecule has 3 heteroatoms. The topological polar surface area (TPSA) is 25.2 Å². The van der Waals surface area contributed by atoms with Crippen LogP contribution in [-0.4, -0.2) is 9.67 Å². The van der Waals surface area contributed by atoms with Gasteiger partial charge in [0, 0.05) is 17.8 Å². The Morgan fingerprint density at radius 2 is 1.88 bits per heavy atom. The van der Waals surface area contributed by atoms with Crippen molar-refractivity contribution in [2.45, 2.75) is 65.6 Å². The second kappa shape index (κ2) is 11.1. The van der Waals surface area contributed by atoms with E-state index in [2.05, 4.69) is 62.5 Å². The number of hydrogen-bond acceptors (Lipinski definition) is 2. The van der Waals surface area contributed by atoms with Crippen LogP contribution in [0, 0.1) is 6.92 Å². The lowest BCUT2D eigenvalue weighted by Gasteiger charge is -2.14. The van der Waals surface area contributed by atoms with Crippen molar-refractivity contribution in [3.8, 4) is 0 Å². The molecule has 0 saturated carbocycles. The number of aliphatic hydroxyl groups is 1. The van der Waals surface area contributed by atoms with Crippen molar-refractivity contribution in [3.05, 3.63) is 76.4 Å². The highest BCUT2D eigenvalue weighted by Gasteiger charge is 2.22. The zero-order valence-electron chi connectivity index (χ0n) is 17.0. The number of allylic oxidation sites excluding steroid dienone is 8. The van der Waals surface area contributed by atoms with E-state index in [-0.39, 0.29) is 6.61 Å². The maximum Gasteiger partial charge on any atom is 0.0834 e. The van der Waals surface area contributed by atoms with Crippen LogP contribution in [0.3, 0.4) is 0 Å². The Labute approximate surface area is 163 Å². The van der Waals surface area contributed by atoms with E-state index in [1.165, 1.54) is 21.7 Å². The highest BCUT2D eigenvalue weighted by molar-refractivity contribution is 8.02. The van der Waals surface area contributed by atoms with Crippen LogP contribution < -0.4 is 0 Å². The summed E-state index contributed by atoms with van der Waals surface area (Å²) in [4.78, 5) is 0. The predicted molar refractivity (Wildman–Crippen MR) is 117 cm³/mol. The average molecular weight is 372 g/mol. The Morgan fingerprint density at radius 1 is 1.23 bits per heavy atom. The standard InChI is InChI=1S/C23H33NOS/c1-8-11-18(6)16-26-23-22(17(4)5)21(15-25)19(7)24(23)14-20(12-9-2)13-10-3/h8-13,16-17,25H,2,14-15H2,1,3-7H3/b11-8+,13-10-,18-16+,20-12+. The van der Waals surface area contributed by atoms with E-state index in [1.807, 2.05) is 32.1 Å². The first-order valence-electron chi connectivity index (χ1n) is 9.14. The van der Waals surface area contributed by atoms with Crippen molar-refractivity contribution >= 4 is 11.8 Å². The van der Waals surface area contributed by atoms with E-state index in [0.29, 0.717) is 5.92 Å². The molecule has 0 aliphatic heterocycles. The molecule has 26 heavy (non-hydrogen) atoms. The molecule has 0 radical (unpaired) electrons. The molecule has 0 aromatic carbocycles. The molecular formula is C23H33NOS. The Balaban J connectivity index is 3.53. The van der Waals surface area contributed by atoms with Gasteiger partial charge in [0.15, 0.2) is 0 Å². The number of rotatable bonds is 9. The smallest absolute Gasteiger partial charge is 0.0834 e. The molecule has 142 valence electrons. The largest absolute Gasteiger partial charge is 0.392 e. The first kappa shape index (κ1) is 22.3. The highest BCUT2D eigenvalue weighted by Crippen LogP contribution is 2.37. The van der Waals surface area contributed by atoms with Crippen LogP contribution in [0.5, 0.6) is 0 Å². The quantitative estimate of drug-likeness (QED) is 0.387. The summed E-state index contributed by atoms with van der Waals surface area (Å²) in [6.45, 7) is 17.3. The van der Waals surface area contributed by atoms with Gasteiger partial charge in [0.1, 0.15) is 0 Å². The van der Waals surface area contributed by atoms with Crippen LogP contribution in [0.25, 0.3) is 0 Å². The van der Waals surface area contributed by atoms with Gasteiger partial charge in [-0.25, -0.2) is 0 Å². The van der Waals surface area contributed by atoms with Gasteiger partial charge in [0.25, 0.3) is 0 Å². The minimum Gasteiger partial charge on any atom is -0.392 e. The zero-order valence-corrected chi connectivity index (χ0v) is 17.9. The minimum atomic E-state index is 0.0710. The van der Waals surface area contributed by atoms with Crippen LogP contribution >= 0.6 is 11.8 Å². The second-order valence-corrected chi connectivity index (χ2v) is 7.50. The number of thioether (sulfide) groups is 1. The highest BCUT2D eigenvalue weighted by atomic mass is 32.2. The summed E-state index contributed by atoms with van der Waals surface area (Å²) >= 11 is 1.74. The summed E-state index contributed by atoms with van der Waals surface area (Å²) in [7, 11) is 0. The monoisotopic (exact) mass is 371 g/mol. The Kier molecular flexibility index (Phi) is 9.53. The van der Waals surface area contributed by atoms with Crippen LogP contribution in [-0.2, 0) is 13.2 Å². The van der Waals surface area contributed by atoms with Gasteiger partial charge < -0.3 is 9.67 Å². The Bertz CT molecular complexity index is 730. The van der Waals surface area contributed by atoms with E-state index < -0.39 is 0 Å². The van der Waals surface area contributed by atoms with Crippen molar-refractivity contribution in [1.29, 1.82) is 0 Å². The zero-order chi connectivity index (χ0) is 19.7. The van der Waals surface area contributed by atoms with Crippen LogP contribution in [0.4, 0.5) is 0 Å². The van der Waals surface area contributed by atoms with Crippen molar-refractivity contribution < 1.29 is 5.11 Å². The SMILES string of the molecule is C=C/C=C(\C=C/C)Cn1c(C)c(CO)c(C(C)C)c1S/C=C(C)/C=C/C. The van der Waals surface area contributed by atoms with Gasteiger partial charge in [-0.05, 0) is 55.7 Å². The molecule has 0 aliphatic carbocycles. The van der Waals surface area contributed by atoms with E-state index in [4.69, 9.17) is 0 Å². The molecule has 0 atom stereocenters. The number of hydrogen-bond donors (Lipinski definition) is 1. The van der Waals surface area contributed by atoms with Gasteiger partial charge in [-0.3, -0.25) is 0 Å². The molecule has 1 aromatic rings. The fourth-order valence-corrected chi connectivity index (χ4v) is 4.25. The molecule has 0 bridgehead atoms.